The minimum absolute atomic E-state index is 0. The van der Waals surface area contributed by atoms with Gasteiger partial charge in [0.15, 0.2) is 0 Å². The van der Waals surface area contributed by atoms with Crippen LogP contribution in [0.4, 0.5) is 0 Å². The van der Waals surface area contributed by atoms with Crippen LogP contribution in [0.5, 0.6) is 0 Å². The van der Waals surface area contributed by atoms with Crippen molar-refractivity contribution >= 4 is 24.3 Å². The van der Waals surface area contributed by atoms with Crippen LogP contribution in [0.3, 0.4) is 0 Å². The van der Waals surface area contributed by atoms with Crippen molar-refractivity contribution in [2.24, 2.45) is 0 Å². The fourth-order valence-corrected chi connectivity index (χ4v) is 3.16. The van der Waals surface area contributed by atoms with E-state index in [1.165, 1.54) is 51.4 Å². The van der Waals surface area contributed by atoms with Gasteiger partial charge in [-0.05, 0) is 12.5 Å². The van der Waals surface area contributed by atoms with Crippen LogP contribution < -0.4 is 35.0 Å². The second kappa shape index (κ2) is 23.4. The van der Waals surface area contributed by atoms with Gasteiger partial charge in [-0.15, -0.1) is 14.1 Å². The Bertz CT molecular complexity index is 506. The zero-order valence-corrected chi connectivity index (χ0v) is 21.0. The van der Waals surface area contributed by atoms with Gasteiger partial charge in [0.05, 0.1) is 5.75 Å². The van der Waals surface area contributed by atoms with Crippen molar-refractivity contribution in [1.29, 1.82) is 0 Å². The summed E-state index contributed by atoms with van der Waals surface area (Å²) in [5.74, 6) is -0.731. The van der Waals surface area contributed by atoms with Gasteiger partial charge in [-0.2, -0.15) is 8.42 Å². The second-order valence-electron chi connectivity index (χ2n) is 6.16. The van der Waals surface area contributed by atoms with Crippen molar-refractivity contribution in [3.8, 4) is 0 Å². The summed E-state index contributed by atoms with van der Waals surface area (Å²) in [5, 5.41) is 0. The zero-order chi connectivity index (χ0) is 21.0. The first-order chi connectivity index (χ1) is 12.7. The maximum Gasteiger partial charge on any atom is 1.00 e. The third kappa shape index (κ3) is 30.9. The van der Waals surface area contributed by atoms with Crippen LogP contribution in [-0.4, -0.2) is 29.9 Å². The van der Waals surface area contributed by atoms with Crippen LogP contribution in [0, 0.1) is 0 Å². The first-order valence-electron chi connectivity index (χ1n) is 9.43. The van der Waals surface area contributed by atoms with Crippen LogP contribution in [0.25, 0.3) is 0 Å². The Morgan fingerprint density at radius 3 is 1.71 bits per heavy atom. The van der Waals surface area contributed by atoms with E-state index < -0.39 is 24.3 Å². The fourth-order valence-electron chi connectivity index (χ4n) is 2.31. The summed E-state index contributed by atoms with van der Waals surface area (Å²) in [6.45, 7) is 5.44. The van der Waals surface area contributed by atoms with Crippen molar-refractivity contribution in [3.63, 3.8) is 0 Å². The van der Waals surface area contributed by atoms with Crippen LogP contribution in [-0.2, 0) is 23.8 Å². The Morgan fingerprint density at radius 2 is 1.36 bits per heavy atom. The minimum Gasteiger partial charge on any atom is -1.00 e. The average Bonchev–Trinajstić information content (AvgIpc) is 2.60. The summed E-state index contributed by atoms with van der Waals surface area (Å²) in [4.78, 5) is 25.1. The summed E-state index contributed by atoms with van der Waals surface area (Å²) in [6, 6.07) is 0. The predicted molar refractivity (Wildman–Crippen MR) is 107 cm³/mol. The number of nitrogens with one attached hydrogen (secondary N) is 1. The standard InChI is InChI=1S/C17H33NO4S.Na.HO3P.H/c1-3-5-6-7-8-9-10-11-12-13-14-15-16-23(20,21)22-18-17(19)4-2;;1-4(2)3;/h4H,2-3,5-16H2,1H3,(H,18,19);;(H-,1,2,3);/q;+1;;-1/p+1. The number of amides is 1. The van der Waals surface area contributed by atoms with Crippen molar-refractivity contribution in [2.75, 3.05) is 5.75 Å². The van der Waals surface area contributed by atoms with Crippen LogP contribution in [0.15, 0.2) is 12.7 Å². The number of hydrogen-bond donors (Lipinski definition) is 3. The van der Waals surface area contributed by atoms with E-state index in [4.69, 9.17) is 14.4 Å². The van der Waals surface area contributed by atoms with Gasteiger partial charge in [-0.25, -0.2) is 5.48 Å². The first-order valence-corrected chi connectivity index (χ1v) is 12.2. The third-order valence-electron chi connectivity index (χ3n) is 3.70. The molecule has 11 heteroatoms. The number of unbranched alkanes of at least 4 members (excludes halogenated alkanes) is 11. The van der Waals surface area contributed by atoms with E-state index in [2.05, 4.69) is 17.8 Å². The van der Waals surface area contributed by atoms with E-state index in [9.17, 15) is 13.2 Å². The Morgan fingerprint density at radius 1 is 1.00 bits per heavy atom. The van der Waals surface area contributed by atoms with Gasteiger partial charge in [0.2, 0.25) is 0 Å². The molecule has 0 heterocycles. The predicted octanol–water partition coefficient (Wildman–Crippen LogP) is 0.996. The molecule has 0 atom stereocenters. The van der Waals surface area contributed by atoms with E-state index in [1.807, 2.05) is 5.48 Å². The molecule has 0 radical (unpaired) electrons. The molecule has 0 saturated heterocycles. The molecule has 0 spiro atoms. The number of rotatable bonds is 16. The molecule has 1 amide bonds. The van der Waals surface area contributed by atoms with Gasteiger partial charge in [-0.1, -0.05) is 84.1 Å². The summed E-state index contributed by atoms with van der Waals surface area (Å²) in [6.07, 6.45) is 15.1. The average molecular weight is 453 g/mol. The fraction of sp³-hybridized carbons (Fsp3) is 0.824. The largest absolute Gasteiger partial charge is 1.00 e. The van der Waals surface area contributed by atoms with E-state index in [0.29, 0.717) is 6.42 Å². The molecule has 0 aliphatic heterocycles. The van der Waals surface area contributed by atoms with Crippen LogP contribution >= 0.6 is 8.25 Å². The van der Waals surface area contributed by atoms with E-state index in [-0.39, 0.29) is 36.7 Å². The molecule has 28 heavy (non-hydrogen) atoms. The van der Waals surface area contributed by atoms with Gasteiger partial charge in [0.25, 0.3) is 16.0 Å². The number of carbonyl (C=O) groups is 1. The SMILES string of the molecule is C=CC(=O)NOS(=O)(=O)CCCCCCCCCCCCCC.O=[P+](O)O.[H-].[Na+]. The topological polar surface area (TPSA) is 130 Å². The van der Waals surface area contributed by atoms with E-state index in [1.54, 1.807) is 0 Å². The van der Waals surface area contributed by atoms with Gasteiger partial charge in [0, 0.05) is 4.57 Å². The minimum atomic E-state index is -3.68. The summed E-state index contributed by atoms with van der Waals surface area (Å²) >= 11 is 0. The van der Waals surface area contributed by atoms with Gasteiger partial charge >= 0.3 is 37.8 Å². The van der Waals surface area contributed by atoms with Gasteiger partial charge in [0.1, 0.15) is 0 Å². The monoisotopic (exact) mass is 452 g/mol. The molecule has 3 N–H and O–H groups in total. The second-order valence-corrected chi connectivity index (χ2v) is 8.35. The maximum atomic E-state index is 11.5. The normalized spacial score (nSPS) is 10.2. The zero-order valence-electron chi connectivity index (χ0n) is 18.3. The van der Waals surface area contributed by atoms with Crippen LogP contribution in [0.1, 0.15) is 85.4 Å². The summed E-state index contributed by atoms with van der Waals surface area (Å²) in [7, 11) is -6.55. The molecule has 0 aromatic rings. The van der Waals surface area contributed by atoms with Crippen LogP contribution in [0.2, 0.25) is 0 Å². The molecule has 8 nitrogen and oxygen atoms in total. The Hall–Kier alpha value is 0.140. The van der Waals surface area contributed by atoms with Gasteiger partial charge in [-0.3, -0.25) is 4.79 Å². The molecule has 162 valence electrons. The number of hydrogen-bond acceptors (Lipinski definition) is 5. The quantitative estimate of drug-likeness (QED) is 0.105. The Kier molecular flexibility index (Phi) is 27.4. The van der Waals surface area contributed by atoms with Crippen molar-refractivity contribution in [3.05, 3.63) is 12.7 Å². The molecular formula is C17H36NNaO7PS+. The molecule has 0 aliphatic rings. The van der Waals surface area contributed by atoms with Crippen molar-refractivity contribution in [2.45, 2.75) is 84.0 Å². The first kappa shape index (κ1) is 32.8. The van der Waals surface area contributed by atoms with E-state index >= 15 is 0 Å². The summed E-state index contributed by atoms with van der Waals surface area (Å²) < 4.78 is 36.0. The molecule has 0 unspecified atom stereocenters. The number of hydroxylamine groups is 1. The molecule has 0 fully saturated rings. The molecule has 0 saturated carbocycles. The number of carbonyl (C=O) groups excluding carboxylic acids is 1. The Balaban J connectivity index is -0.000000473. The van der Waals surface area contributed by atoms with Gasteiger partial charge < -0.3 is 1.43 Å². The maximum absolute atomic E-state index is 11.5. The molecule has 0 bridgehead atoms. The van der Waals surface area contributed by atoms with Crippen molar-refractivity contribution < 1.29 is 62.8 Å². The smallest absolute Gasteiger partial charge is 1.00 e. The molecular weight excluding hydrogens is 416 g/mol. The molecule has 0 aromatic heterocycles. The van der Waals surface area contributed by atoms with Crippen molar-refractivity contribution in [1.82, 2.24) is 5.48 Å². The molecule has 0 rings (SSSR count). The summed E-state index contributed by atoms with van der Waals surface area (Å²) in [5.41, 5.74) is 1.82. The van der Waals surface area contributed by atoms with E-state index in [0.717, 1.165) is 25.3 Å². The molecule has 0 aromatic carbocycles. The molecule has 0 aliphatic carbocycles. The third-order valence-corrected chi connectivity index (χ3v) is 4.83. The Labute approximate surface area is 194 Å².